The van der Waals surface area contributed by atoms with Crippen molar-refractivity contribution in [2.24, 2.45) is 7.05 Å². The number of anilines is 1. The number of ether oxygens (including phenoxy) is 2. The maximum Gasteiger partial charge on any atom is 0.356 e. The zero-order valence-corrected chi connectivity index (χ0v) is 16.4. The summed E-state index contributed by atoms with van der Waals surface area (Å²) in [5, 5.41) is 21.5. The molecule has 29 heavy (non-hydrogen) atoms. The van der Waals surface area contributed by atoms with E-state index in [0.29, 0.717) is 27.8 Å². The van der Waals surface area contributed by atoms with Gasteiger partial charge >= 0.3 is 5.97 Å². The van der Waals surface area contributed by atoms with Crippen LogP contribution in [0.5, 0.6) is 0 Å². The topological polar surface area (TPSA) is 163 Å². The van der Waals surface area contributed by atoms with Gasteiger partial charge in [-0.25, -0.2) is 24.7 Å². The third-order valence-corrected chi connectivity index (χ3v) is 5.85. The number of esters is 1. The first-order valence-electron chi connectivity index (χ1n) is 8.59. The maximum atomic E-state index is 11.7. The van der Waals surface area contributed by atoms with E-state index in [1.54, 1.807) is 11.6 Å². The van der Waals surface area contributed by atoms with Crippen molar-refractivity contribution in [1.29, 1.82) is 0 Å². The number of imidazole rings is 2. The number of fused-ring (bicyclic) bond motifs is 1. The molecular weight excluding hydrogens is 402 g/mol. The average molecular weight is 421 g/mol. The molecule has 1 aliphatic rings. The summed E-state index contributed by atoms with van der Waals surface area (Å²) in [7, 11) is 2.98. The molecule has 0 bridgehead atoms. The van der Waals surface area contributed by atoms with Crippen LogP contribution < -0.4 is 5.73 Å². The van der Waals surface area contributed by atoms with Crippen molar-refractivity contribution in [3.8, 4) is 0 Å². The Bertz CT molecular complexity index is 1050. The van der Waals surface area contributed by atoms with Crippen molar-refractivity contribution < 1.29 is 24.5 Å². The number of methoxy groups -OCH3 is 1. The van der Waals surface area contributed by atoms with E-state index in [1.165, 1.54) is 42.3 Å². The van der Waals surface area contributed by atoms with Crippen molar-refractivity contribution in [2.45, 2.75) is 29.7 Å². The summed E-state index contributed by atoms with van der Waals surface area (Å²) in [6.45, 7) is 0. The van der Waals surface area contributed by atoms with Crippen molar-refractivity contribution in [3.05, 3.63) is 24.5 Å². The molecule has 154 valence electrons. The second-order valence-electron chi connectivity index (χ2n) is 6.42. The van der Waals surface area contributed by atoms with Crippen molar-refractivity contribution >= 4 is 34.7 Å². The Kier molecular flexibility index (Phi) is 5.12. The summed E-state index contributed by atoms with van der Waals surface area (Å²) in [5.41, 5.74) is 6.89. The number of nitrogens with two attached hydrogens (primary N) is 1. The van der Waals surface area contributed by atoms with Gasteiger partial charge in [0.2, 0.25) is 0 Å². The van der Waals surface area contributed by atoms with E-state index in [9.17, 15) is 15.0 Å². The Morgan fingerprint density at radius 1 is 1.31 bits per heavy atom. The number of hydrogen-bond donors (Lipinski definition) is 3. The van der Waals surface area contributed by atoms with Crippen LogP contribution >= 0.6 is 11.8 Å². The SMILES string of the molecule is COC(=O)c1cnc(SC[C@H]2O[C@@H](n3cnc4c(N)ncnc43)[C@H](O)[C@@H]2O)n1C. The maximum absolute atomic E-state index is 11.7. The number of rotatable bonds is 5. The molecule has 0 radical (unpaired) electrons. The molecule has 13 heteroatoms. The summed E-state index contributed by atoms with van der Waals surface area (Å²) in [6, 6.07) is 0. The molecular formula is C16H19N7O5S. The minimum atomic E-state index is -1.19. The molecule has 1 aliphatic heterocycles. The summed E-state index contributed by atoms with van der Waals surface area (Å²) in [5.74, 6) is 0.0158. The van der Waals surface area contributed by atoms with Gasteiger partial charge in [-0.05, 0) is 0 Å². The summed E-state index contributed by atoms with van der Waals surface area (Å²) < 4.78 is 13.7. The highest BCUT2D eigenvalue weighted by Crippen LogP contribution is 2.34. The molecule has 1 fully saturated rings. The Balaban J connectivity index is 1.50. The van der Waals surface area contributed by atoms with Gasteiger partial charge in [-0.15, -0.1) is 0 Å². The number of nitrogens with zero attached hydrogens (tertiary/aromatic N) is 6. The first-order valence-corrected chi connectivity index (χ1v) is 9.58. The van der Waals surface area contributed by atoms with Crippen LogP contribution in [0, 0.1) is 0 Å². The molecule has 0 aliphatic carbocycles. The average Bonchev–Trinajstić information content (AvgIpc) is 3.38. The fraction of sp³-hybridized carbons (Fsp3) is 0.438. The molecule has 0 amide bonds. The smallest absolute Gasteiger partial charge is 0.356 e. The minimum absolute atomic E-state index is 0.213. The number of aliphatic hydroxyl groups is 2. The quantitative estimate of drug-likeness (QED) is 0.354. The van der Waals surface area contributed by atoms with Crippen LogP contribution in [-0.2, 0) is 16.5 Å². The molecule has 1 saturated heterocycles. The molecule has 0 spiro atoms. The zero-order valence-electron chi connectivity index (χ0n) is 15.5. The molecule has 3 aromatic heterocycles. The molecule has 3 aromatic rings. The Hall–Kier alpha value is -2.74. The van der Waals surface area contributed by atoms with Gasteiger partial charge in [0.15, 0.2) is 22.8 Å². The van der Waals surface area contributed by atoms with E-state index >= 15 is 0 Å². The predicted octanol–water partition coefficient (Wildman–Crippen LogP) is -0.660. The van der Waals surface area contributed by atoms with E-state index in [0.717, 1.165) is 0 Å². The highest BCUT2D eigenvalue weighted by molar-refractivity contribution is 7.99. The van der Waals surface area contributed by atoms with Crippen molar-refractivity contribution in [2.75, 3.05) is 18.6 Å². The monoisotopic (exact) mass is 421 g/mol. The van der Waals surface area contributed by atoms with E-state index in [-0.39, 0.29) is 5.82 Å². The van der Waals surface area contributed by atoms with Gasteiger partial charge in [-0.2, -0.15) is 0 Å². The van der Waals surface area contributed by atoms with Gasteiger partial charge in [0.25, 0.3) is 0 Å². The number of nitrogen functional groups attached to an aromatic ring is 1. The van der Waals surface area contributed by atoms with E-state index in [4.69, 9.17) is 15.2 Å². The number of hydrogen-bond acceptors (Lipinski definition) is 11. The minimum Gasteiger partial charge on any atom is -0.464 e. The van der Waals surface area contributed by atoms with E-state index in [1.807, 2.05) is 0 Å². The van der Waals surface area contributed by atoms with Gasteiger partial charge in [0, 0.05) is 12.8 Å². The third kappa shape index (κ3) is 3.31. The lowest BCUT2D eigenvalue weighted by Gasteiger charge is -2.16. The number of aromatic nitrogens is 6. The predicted molar refractivity (Wildman–Crippen MR) is 101 cm³/mol. The van der Waals surface area contributed by atoms with Gasteiger partial charge in [0.05, 0.1) is 25.7 Å². The first kappa shape index (κ1) is 19.6. The van der Waals surface area contributed by atoms with Gasteiger partial charge < -0.3 is 30.0 Å². The molecule has 0 saturated carbocycles. The summed E-state index contributed by atoms with van der Waals surface area (Å²) in [6.07, 6.45) is 0.246. The van der Waals surface area contributed by atoms with Crippen LogP contribution in [0.15, 0.2) is 24.0 Å². The normalized spacial score (nSPS) is 24.3. The summed E-state index contributed by atoms with van der Waals surface area (Å²) in [4.78, 5) is 28.1. The van der Waals surface area contributed by atoms with Crippen LogP contribution in [0.4, 0.5) is 5.82 Å². The second-order valence-corrected chi connectivity index (χ2v) is 7.40. The molecule has 12 nitrogen and oxygen atoms in total. The molecule has 0 aromatic carbocycles. The first-order chi connectivity index (χ1) is 13.9. The molecule has 4 rings (SSSR count). The molecule has 4 N–H and O–H groups in total. The van der Waals surface area contributed by atoms with E-state index < -0.39 is 30.5 Å². The van der Waals surface area contributed by atoms with Crippen LogP contribution in [0.2, 0.25) is 0 Å². The van der Waals surface area contributed by atoms with Gasteiger partial charge in [-0.1, -0.05) is 11.8 Å². The number of aliphatic hydroxyl groups excluding tert-OH is 2. The standard InChI is InChI=1S/C16H19N7O5S/c1-22-7(15(26)27-2)3-18-16(22)29-4-8-10(24)11(25)14(28-8)23-6-21-9-12(17)19-5-20-13(9)23/h3,5-6,8,10-11,14,24-25H,4H2,1-2H3,(H2,17,19,20)/t8-,10-,11-,14-/m1/s1. The Morgan fingerprint density at radius 3 is 2.86 bits per heavy atom. The molecule has 0 unspecified atom stereocenters. The second kappa shape index (κ2) is 7.59. The van der Waals surface area contributed by atoms with Gasteiger partial charge in [0.1, 0.15) is 29.7 Å². The Morgan fingerprint density at radius 2 is 2.10 bits per heavy atom. The lowest BCUT2D eigenvalue weighted by atomic mass is 10.1. The largest absolute Gasteiger partial charge is 0.464 e. The number of carbonyl (C=O) groups excluding carboxylic acids is 1. The highest BCUT2D eigenvalue weighted by Gasteiger charge is 2.44. The van der Waals surface area contributed by atoms with E-state index in [2.05, 4.69) is 19.9 Å². The fourth-order valence-electron chi connectivity index (χ4n) is 3.13. The molecule has 4 atom stereocenters. The zero-order chi connectivity index (χ0) is 20.7. The van der Waals surface area contributed by atoms with Crippen LogP contribution in [0.3, 0.4) is 0 Å². The lowest BCUT2D eigenvalue weighted by molar-refractivity contribution is -0.0289. The van der Waals surface area contributed by atoms with Crippen molar-refractivity contribution in [1.82, 2.24) is 29.1 Å². The highest BCUT2D eigenvalue weighted by atomic mass is 32.2. The van der Waals surface area contributed by atoms with Crippen LogP contribution in [-0.4, -0.2) is 76.4 Å². The summed E-state index contributed by atoms with van der Waals surface area (Å²) >= 11 is 1.28. The molecule has 4 heterocycles. The third-order valence-electron chi connectivity index (χ3n) is 4.72. The van der Waals surface area contributed by atoms with Crippen LogP contribution in [0.1, 0.15) is 16.7 Å². The number of carbonyl (C=O) groups is 1. The Labute approximate surface area is 168 Å². The fourth-order valence-corrected chi connectivity index (χ4v) is 4.14. The van der Waals surface area contributed by atoms with Crippen molar-refractivity contribution in [3.63, 3.8) is 0 Å². The van der Waals surface area contributed by atoms with Gasteiger partial charge in [-0.3, -0.25) is 4.57 Å². The lowest BCUT2D eigenvalue weighted by Crippen LogP contribution is -2.32. The number of thioether (sulfide) groups is 1. The van der Waals surface area contributed by atoms with Crippen LogP contribution in [0.25, 0.3) is 11.2 Å².